The first kappa shape index (κ1) is 15.0. The number of benzene rings is 1. The number of rotatable bonds is 5. The summed E-state index contributed by atoms with van der Waals surface area (Å²) in [6.45, 7) is 4.35. The second-order valence-electron chi connectivity index (χ2n) is 5.49. The lowest BCUT2D eigenvalue weighted by Crippen LogP contribution is -2.24. The van der Waals surface area contributed by atoms with Gasteiger partial charge in [0.15, 0.2) is 5.69 Å². The molecule has 0 fully saturated rings. The van der Waals surface area contributed by atoms with Crippen molar-refractivity contribution >= 4 is 5.91 Å². The van der Waals surface area contributed by atoms with E-state index in [1.807, 2.05) is 50.2 Å². The van der Waals surface area contributed by atoms with E-state index in [9.17, 15) is 4.79 Å². The third-order valence-electron chi connectivity index (χ3n) is 3.47. The molecule has 1 amide bonds. The van der Waals surface area contributed by atoms with E-state index in [1.165, 1.54) is 0 Å². The summed E-state index contributed by atoms with van der Waals surface area (Å²) in [6.07, 6.45) is 1.58. The number of hydrogen-bond donors (Lipinski definition) is 1. The van der Waals surface area contributed by atoms with E-state index in [0.29, 0.717) is 18.0 Å². The molecule has 6 heteroatoms. The number of aromatic nitrogens is 3. The monoisotopic (exact) mass is 310 g/mol. The Morgan fingerprint density at radius 3 is 2.65 bits per heavy atom. The van der Waals surface area contributed by atoms with E-state index < -0.39 is 0 Å². The molecular weight excluding hydrogens is 292 g/mol. The van der Waals surface area contributed by atoms with Gasteiger partial charge in [0.2, 0.25) is 0 Å². The van der Waals surface area contributed by atoms with Crippen molar-refractivity contribution in [3.05, 3.63) is 65.9 Å². The number of nitrogens with one attached hydrogen (secondary N) is 1. The predicted octanol–water partition coefficient (Wildman–Crippen LogP) is 2.91. The molecule has 118 valence electrons. The lowest BCUT2D eigenvalue weighted by atomic mass is 10.1. The predicted molar refractivity (Wildman–Crippen MR) is 85.3 cm³/mol. The van der Waals surface area contributed by atoms with Crippen LogP contribution in [0.3, 0.4) is 0 Å². The van der Waals surface area contributed by atoms with Crippen LogP contribution in [0.15, 0.2) is 53.1 Å². The highest BCUT2D eigenvalue weighted by Gasteiger charge is 2.22. The molecule has 0 aliphatic rings. The van der Waals surface area contributed by atoms with E-state index in [2.05, 4.69) is 15.6 Å². The minimum absolute atomic E-state index is 0.106. The number of furan rings is 1. The van der Waals surface area contributed by atoms with E-state index in [-0.39, 0.29) is 11.8 Å². The van der Waals surface area contributed by atoms with Crippen LogP contribution >= 0.6 is 0 Å². The Labute approximate surface area is 134 Å². The van der Waals surface area contributed by atoms with Crippen LogP contribution in [-0.4, -0.2) is 20.9 Å². The van der Waals surface area contributed by atoms with E-state index in [1.54, 1.807) is 17.0 Å². The molecule has 0 atom stereocenters. The average Bonchev–Trinajstić information content (AvgIpc) is 3.22. The molecule has 2 heterocycles. The van der Waals surface area contributed by atoms with Gasteiger partial charge in [0.25, 0.3) is 5.91 Å². The zero-order valence-electron chi connectivity index (χ0n) is 13.1. The highest BCUT2D eigenvalue weighted by Crippen LogP contribution is 2.21. The van der Waals surface area contributed by atoms with Crippen LogP contribution in [0.5, 0.6) is 0 Å². The van der Waals surface area contributed by atoms with Crippen molar-refractivity contribution in [1.82, 2.24) is 20.3 Å². The molecular formula is C17H18N4O2. The maximum atomic E-state index is 12.4. The smallest absolute Gasteiger partial charge is 0.274 e. The summed E-state index contributed by atoms with van der Waals surface area (Å²) in [5, 5.41) is 11.1. The van der Waals surface area contributed by atoms with Crippen molar-refractivity contribution in [2.24, 2.45) is 0 Å². The van der Waals surface area contributed by atoms with Crippen molar-refractivity contribution in [3.8, 4) is 5.69 Å². The van der Waals surface area contributed by atoms with Crippen molar-refractivity contribution in [1.29, 1.82) is 0 Å². The first-order chi connectivity index (χ1) is 11.2. The van der Waals surface area contributed by atoms with Crippen LogP contribution in [-0.2, 0) is 6.54 Å². The molecule has 2 aromatic heterocycles. The molecule has 0 aliphatic heterocycles. The van der Waals surface area contributed by atoms with Gasteiger partial charge in [-0.2, -0.15) is 0 Å². The number of carbonyl (C=O) groups excluding carboxylic acids is 1. The zero-order chi connectivity index (χ0) is 16.2. The fourth-order valence-corrected chi connectivity index (χ4v) is 2.39. The van der Waals surface area contributed by atoms with Gasteiger partial charge in [-0.05, 0) is 30.2 Å². The lowest BCUT2D eigenvalue weighted by molar-refractivity contribution is 0.0941. The molecule has 6 nitrogen and oxygen atoms in total. The van der Waals surface area contributed by atoms with Crippen LogP contribution in [0.2, 0.25) is 0 Å². The van der Waals surface area contributed by atoms with Gasteiger partial charge in [-0.1, -0.05) is 37.3 Å². The summed E-state index contributed by atoms with van der Waals surface area (Å²) in [5.41, 5.74) is 2.01. The highest BCUT2D eigenvalue weighted by molar-refractivity contribution is 5.93. The van der Waals surface area contributed by atoms with Gasteiger partial charge in [0.05, 0.1) is 24.2 Å². The Kier molecular flexibility index (Phi) is 4.23. The standard InChI is InChI=1S/C17H18N4O2/c1-12(2)16-15(17(22)18-11-14-9-6-10-23-14)19-20-21(16)13-7-4-3-5-8-13/h3-10,12H,11H2,1-2H3,(H,18,22). The second-order valence-corrected chi connectivity index (χ2v) is 5.49. The van der Waals surface area contributed by atoms with Crippen LogP contribution in [0.1, 0.15) is 41.7 Å². The number of nitrogens with zero attached hydrogens (tertiary/aromatic N) is 3. The van der Waals surface area contributed by atoms with E-state index in [4.69, 9.17) is 4.42 Å². The van der Waals surface area contributed by atoms with Gasteiger partial charge >= 0.3 is 0 Å². The molecule has 0 aliphatic carbocycles. The molecule has 3 rings (SSSR count). The first-order valence-electron chi connectivity index (χ1n) is 7.48. The maximum absolute atomic E-state index is 12.4. The highest BCUT2D eigenvalue weighted by atomic mass is 16.3. The Hall–Kier alpha value is -2.89. The Morgan fingerprint density at radius 2 is 2.00 bits per heavy atom. The van der Waals surface area contributed by atoms with E-state index >= 15 is 0 Å². The normalized spacial score (nSPS) is 10.9. The van der Waals surface area contributed by atoms with Gasteiger partial charge in [-0.25, -0.2) is 4.68 Å². The summed E-state index contributed by atoms with van der Waals surface area (Å²) in [6, 6.07) is 13.3. The molecule has 0 saturated carbocycles. The Bertz CT molecular complexity index is 776. The molecule has 0 radical (unpaired) electrons. The fourth-order valence-electron chi connectivity index (χ4n) is 2.39. The largest absolute Gasteiger partial charge is 0.467 e. The number of carbonyl (C=O) groups is 1. The molecule has 0 saturated heterocycles. The van der Waals surface area contributed by atoms with Gasteiger partial charge in [-0.3, -0.25) is 4.79 Å². The summed E-state index contributed by atoms with van der Waals surface area (Å²) < 4.78 is 6.93. The molecule has 0 spiro atoms. The Morgan fingerprint density at radius 1 is 1.22 bits per heavy atom. The van der Waals surface area contributed by atoms with Crippen LogP contribution in [0.4, 0.5) is 0 Å². The fraction of sp³-hybridized carbons (Fsp3) is 0.235. The lowest BCUT2D eigenvalue weighted by Gasteiger charge is -2.11. The topological polar surface area (TPSA) is 73.0 Å². The van der Waals surface area contributed by atoms with Crippen molar-refractivity contribution in [2.45, 2.75) is 26.3 Å². The molecule has 23 heavy (non-hydrogen) atoms. The summed E-state index contributed by atoms with van der Waals surface area (Å²) >= 11 is 0. The quantitative estimate of drug-likeness (QED) is 0.786. The molecule has 1 N–H and O–H groups in total. The molecule has 3 aromatic rings. The maximum Gasteiger partial charge on any atom is 0.274 e. The molecule has 0 bridgehead atoms. The third kappa shape index (κ3) is 3.15. The van der Waals surface area contributed by atoms with Gasteiger partial charge in [0, 0.05) is 0 Å². The summed E-state index contributed by atoms with van der Waals surface area (Å²) in [5.74, 6) is 0.543. The third-order valence-corrected chi connectivity index (χ3v) is 3.47. The molecule has 1 aromatic carbocycles. The first-order valence-corrected chi connectivity index (χ1v) is 7.48. The summed E-state index contributed by atoms with van der Waals surface area (Å²) in [7, 11) is 0. The Balaban J connectivity index is 1.87. The van der Waals surface area contributed by atoms with Crippen LogP contribution in [0.25, 0.3) is 5.69 Å². The molecule has 0 unspecified atom stereocenters. The van der Waals surface area contributed by atoms with Crippen molar-refractivity contribution in [2.75, 3.05) is 0 Å². The number of para-hydroxylation sites is 1. The number of amides is 1. The van der Waals surface area contributed by atoms with Crippen molar-refractivity contribution in [3.63, 3.8) is 0 Å². The number of hydrogen-bond acceptors (Lipinski definition) is 4. The zero-order valence-corrected chi connectivity index (χ0v) is 13.1. The second kappa shape index (κ2) is 6.48. The summed E-state index contributed by atoms with van der Waals surface area (Å²) in [4.78, 5) is 12.4. The van der Waals surface area contributed by atoms with Gasteiger partial charge in [0.1, 0.15) is 5.76 Å². The average molecular weight is 310 g/mol. The van der Waals surface area contributed by atoms with Crippen LogP contribution in [0, 0.1) is 0 Å². The van der Waals surface area contributed by atoms with Gasteiger partial charge in [-0.15, -0.1) is 5.10 Å². The minimum Gasteiger partial charge on any atom is -0.467 e. The van der Waals surface area contributed by atoms with E-state index in [0.717, 1.165) is 11.4 Å². The minimum atomic E-state index is -0.257. The van der Waals surface area contributed by atoms with Crippen molar-refractivity contribution < 1.29 is 9.21 Å². The SMILES string of the molecule is CC(C)c1c(C(=O)NCc2ccco2)nnn1-c1ccccc1. The van der Waals surface area contributed by atoms with Gasteiger partial charge < -0.3 is 9.73 Å². The van der Waals surface area contributed by atoms with Crippen LogP contribution < -0.4 is 5.32 Å².